The van der Waals surface area contributed by atoms with Crippen molar-refractivity contribution in [2.24, 2.45) is 0 Å². The van der Waals surface area contributed by atoms with Gasteiger partial charge in [-0.2, -0.15) is 0 Å². The molecule has 0 bridgehead atoms. The quantitative estimate of drug-likeness (QED) is 0.652. The van der Waals surface area contributed by atoms with E-state index in [9.17, 15) is 14.9 Å². The molecule has 6 heteroatoms. The van der Waals surface area contributed by atoms with Crippen molar-refractivity contribution < 1.29 is 9.72 Å². The third-order valence-electron chi connectivity index (χ3n) is 3.92. The number of amides is 1. The topological polar surface area (TPSA) is 75.5 Å². The lowest BCUT2D eigenvalue weighted by molar-refractivity contribution is -0.385. The first-order valence-electron chi connectivity index (χ1n) is 7.65. The van der Waals surface area contributed by atoms with E-state index in [1.807, 2.05) is 32.0 Å². The predicted octanol–water partition coefficient (Wildman–Crippen LogP) is 3.28. The van der Waals surface area contributed by atoms with Crippen molar-refractivity contribution in [1.29, 1.82) is 0 Å². The Bertz CT molecular complexity index is 759. The highest BCUT2D eigenvalue weighted by molar-refractivity contribution is 5.93. The minimum atomic E-state index is -0.403. The molecule has 1 N–H and O–H groups in total. The van der Waals surface area contributed by atoms with Crippen LogP contribution in [-0.4, -0.2) is 29.3 Å². The second-order valence-corrected chi connectivity index (χ2v) is 5.85. The van der Waals surface area contributed by atoms with Crippen LogP contribution in [0.25, 0.3) is 0 Å². The summed E-state index contributed by atoms with van der Waals surface area (Å²) in [5, 5.41) is 13.9. The summed E-state index contributed by atoms with van der Waals surface area (Å²) in [7, 11) is 1.76. The third-order valence-corrected chi connectivity index (χ3v) is 3.92. The lowest BCUT2D eigenvalue weighted by atomic mass is 10.1. The fraction of sp³-hybridized carbons (Fsp3) is 0.278. The first-order chi connectivity index (χ1) is 11.4. The van der Waals surface area contributed by atoms with E-state index in [1.165, 1.54) is 6.07 Å². The summed E-state index contributed by atoms with van der Waals surface area (Å²) in [5.41, 5.74) is 3.59. The number of nitro benzene ring substituents is 1. The number of hydrogen-bond donors (Lipinski definition) is 1. The molecule has 2 aromatic carbocycles. The number of nitrogens with one attached hydrogen (secondary N) is 1. The first-order valence-corrected chi connectivity index (χ1v) is 7.65. The van der Waals surface area contributed by atoms with Crippen LogP contribution in [-0.2, 0) is 11.3 Å². The zero-order chi connectivity index (χ0) is 17.7. The molecule has 2 rings (SSSR count). The number of likely N-dealkylation sites (N-methyl/N-ethyl adjacent to an activating group) is 1. The number of nitrogens with zero attached hydrogens (tertiary/aromatic N) is 2. The summed E-state index contributed by atoms with van der Waals surface area (Å²) in [6, 6.07) is 12.3. The van der Waals surface area contributed by atoms with Crippen molar-refractivity contribution in [3.8, 4) is 0 Å². The largest absolute Gasteiger partial charge is 0.325 e. The van der Waals surface area contributed by atoms with Gasteiger partial charge in [0, 0.05) is 23.9 Å². The second-order valence-electron chi connectivity index (χ2n) is 5.85. The van der Waals surface area contributed by atoms with Gasteiger partial charge in [-0.05, 0) is 38.1 Å². The molecule has 1 amide bonds. The molecule has 0 saturated carbocycles. The van der Waals surface area contributed by atoms with Gasteiger partial charge < -0.3 is 5.32 Å². The fourth-order valence-electron chi connectivity index (χ4n) is 2.49. The number of carbonyl (C=O) groups excluding carboxylic acids is 1. The summed E-state index contributed by atoms with van der Waals surface area (Å²) < 4.78 is 0. The van der Waals surface area contributed by atoms with Gasteiger partial charge in [-0.3, -0.25) is 19.8 Å². The van der Waals surface area contributed by atoms with Crippen LogP contribution in [0.15, 0.2) is 42.5 Å². The summed E-state index contributed by atoms with van der Waals surface area (Å²) in [5.74, 6) is -0.148. The van der Waals surface area contributed by atoms with Crippen molar-refractivity contribution in [3.63, 3.8) is 0 Å². The van der Waals surface area contributed by atoms with Gasteiger partial charge in [0.05, 0.1) is 11.5 Å². The van der Waals surface area contributed by atoms with E-state index < -0.39 is 4.92 Å². The molecule has 0 unspecified atom stereocenters. The lowest BCUT2D eigenvalue weighted by Gasteiger charge is -2.17. The molecule has 0 spiro atoms. The molecule has 0 aliphatic heterocycles. The molecular formula is C18H21N3O3. The fourth-order valence-corrected chi connectivity index (χ4v) is 2.49. The zero-order valence-corrected chi connectivity index (χ0v) is 14.1. The highest BCUT2D eigenvalue weighted by Crippen LogP contribution is 2.20. The van der Waals surface area contributed by atoms with E-state index in [0.717, 1.165) is 16.8 Å². The second kappa shape index (κ2) is 7.70. The molecule has 126 valence electrons. The highest BCUT2D eigenvalue weighted by Gasteiger charge is 2.15. The molecule has 24 heavy (non-hydrogen) atoms. The molecule has 2 aromatic rings. The van der Waals surface area contributed by atoms with Gasteiger partial charge in [-0.15, -0.1) is 0 Å². The number of nitro groups is 1. The molecular weight excluding hydrogens is 306 g/mol. The van der Waals surface area contributed by atoms with Crippen LogP contribution in [0.3, 0.4) is 0 Å². The van der Waals surface area contributed by atoms with Crippen LogP contribution in [0.5, 0.6) is 0 Å². The van der Waals surface area contributed by atoms with E-state index in [0.29, 0.717) is 12.1 Å². The summed E-state index contributed by atoms with van der Waals surface area (Å²) in [4.78, 5) is 24.6. The number of benzene rings is 2. The Kier molecular flexibility index (Phi) is 5.65. The van der Waals surface area contributed by atoms with Gasteiger partial charge in [-0.1, -0.05) is 30.3 Å². The lowest BCUT2D eigenvalue weighted by Crippen LogP contribution is -2.30. The number of anilines is 1. The molecule has 0 aliphatic rings. The van der Waals surface area contributed by atoms with Crippen LogP contribution in [0, 0.1) is 24.0 Å². The average molecular weight is 327 g/mol. The van der Waals surface area contributed by atoms with Crippen LogP contribution >= 0.6 is 0 Å². The van der Waals surface area contributed by atoms with Crippen molar-refractivity contribution in [1.82, 2.24) is 4.90 Å². The molecule has 0 radical (unpaired) electrons. The van der Waals surface area contributed by atoms with Gasteiger partial charge in [0.15, 0.2) is 0 Å². The minimum absolute atomic E-state index is 0.0688. The average Bonchev–Trinajstić information content (AvgIpc) is 2.52. The number of aryl methyl sites for hydroxylation is 1. The Morgan fingerprint density at radius 3 is 2.58 bits per heavy atom. The van der Waals surface area contributed by atoms with Gasteiger partial charge in [0.1, 0.15) is 0 Å². The molecule has 0 aliphatic carbocycles. The van der Waals surface area contributed by atoms with Gasteiger partial charge in [-0.25, -0.2) is 0 Å². The van der Waals surface area contributed by atoms with Crippen LogP contribution < -0.4 is 5.32 Å². The van der Waals surface area contributed by atoms with E-state index in [1.54, 1.807) is 30.1 Å². The Balaban J connectivity index is 2.00. The van der Waals surface area contributed by atoms with Crippen molar-refractivity contribution >= 4 is 17.3 Å². The zero-order valence-electron chi connectivity index (χ0n) is 14.1. The van der Waals surface area contributed by atoms with E-state index in [2.05, 4.69) is 5.32 Å². The number of para-hydroxylation sites is 1. The van der Waals surface area contributed by atoms with E-state index in [4.69, 9.17) is 0 Å². The molecule has 0 atom stereocenters. The van der Waals surface area contributed by atoms with Gasteiger partial charge in [0.2, 0.25) is 5.91 Å². The summed E-state index contributed by atoms with van der Waals surface area (Å²) >= 11 is 0. The van der Waals surface area contributed by atoms with Gasteiger partial charge >= 0.3 is 0 Å². The molecule has 0 heterocycles. The van der Waals surface area contributed by atoms with Crippen molar-refractivity contribution in [3.05, 3.63) is 69.3 Å². The first kappa shape index (κ1) is 17.6. The smallest absolute Gasteiger partial charge is 0.273 e. The Morgan fingerprint density at radius 2 is 1.88 bits per heavy atom. The third kappa shape index (κ3) is 4.39. The van der Waals surface area contributed by atoms with Crippen molar-refractivity contribution in [2.75, 3.05) is 18.9 Å². The van der Waals surface area contributed by atoms with Crippen molar-refractivity contribution in [2.45, 2.75) is 20.4 Å². The Hall–Kier alpha value is -2.73. The molecule has 0 aromatic heterocycles. The van der Waals surface area contributed by atoms with Crippen LogP contribution in [0.1, 0.15) is 16.7 Å². The molecule has 6 nitrogen and oxygen atoms in total. The number of hydrogen-bond acceptors (Lipinski definition) is 4. The molecule has 0 saturated heterocycles. The summed E-state index contributed by atoms with van der Waals surface area (Å²) in [6.07, 6.45) is 0. The van der Waals surface area contributed by atoms with Gasteiger partial charge in [0.25, 0.3) is 5.69 Å². The number of carbonyl (C=O) groups is 1. The Morgan fingerprint density at radius 1 is 1.17 bits per heavy atom. The number of rotatable bonds is 6. The SMILES string of the molecule is Cc1cccc(NC(=O)CN(C)Cc2ccccc2[N+](=O)[O-])c1C. The minimum Gasteiger partial charge on any atom is -0.325 e. The van der Waals surface area contributed by atoms with E-state index in [-0.39, 0.29) is 18.1 Å². The maximum atomic E-state index is 12.2. The molecule has 0 fully saturated rings. The predicted molar refractivity (Wildman–Crippen MR) is 94.0 cm³/mol. The Labute approximate surface area is 141 Å². The van der Waals surface area contributed by atoms with E-state index >= 15 is 0 Å². The standard InChI is InChI=1S/C18H21N3O3/c1-13-7-6-9-16(14(13)2)19-18(22)12-20(3)11-15-8-4-5-10-17(15)21(23)24/h4-10H,11-12H2,1-3H3,(H,19,22). The van der Waals surface area contributed by atoms with Crippen LogP contribution in [0.4, 0.5) is 11.4 Å². The summed E-state index contributed by atoms with van der Waals surface area (Å²) in [6.45, 7) is 4.43. The monoisotopic (exact) mass is 327 g/mol. The maximum Gasteiger partial charge on any atom is 0.273 e. The maximum absolute atomic E-state index is 12.2. The highest BCUT2D eigenvalue weighted by atomic mass is 16.6. The normalized spacial score (nSPS) is 10.7. The van der Waals surface area contributed by atoms with Crippen LogP contribution in [0.2, 0.25) is 0 Å².